The largest absolute Gasteiger partial charge is 0.352 e. The molecule has 1 aromatic carbocycles. The number of rotatable bonds is 6. The van der Waals surface area contributed by atoms with Crippen LogP contribution >= 0.6 is 0 Å². The number of aryl methyl sites for hydroxylation is 1. The van der Waals surface area contributed by atoms with Gasteiger partial charge in [-0.3, -0.25) is 9.78 Å². The zero-order valence-corrected chi connectivity index (χ0v) is 12.3. The number of nitrogens with zero attached hydrogens (tertiary/aromatic N) is 1. The third-order valence-electron chi connectivity index (χ3n) is 3.32. The fourth-order valence-electron chi connectivity index (χ4n) is 2.14. The lowest BCUT2D eigenvalue weighted by molar-refractivity contribution is 0.0952. The van der Waals surface area contributed by atoms with Crippen LogP contribution in [0.2, 0.25) is 0 Å². The predicted octanol–water partition coefficient (Wildman–Crippen LogP) is 2.53. The highest BCUT2D eigenvalue weighted by Gasteiger charge is 2.10. The minimum Gasteiger partial charge on any atom is -0.352 e. The Bertz CT molecular complexity index is 596. The van der Waals surface area contributed by atoms with E-state index in [4.69, 9.17) is 5.73 Å². The van der Waals surface area contributed by atoms with Crippen molar-refractivity contribution in [1.29, 1.82) is 0 Å². The Morgan fingerprint density at radius 3 is 2.57 bits per heavy atom. The summed E-state index contributed by atoms with van der Waals surface area (Å²) in [5, 5.41) is 2.90. The van der Waals surface area contributed by atoms with Crippen LogP contribution in [0.1, 0.15) is 28.9 Å². The van der Waals surface area contributed by atoms with Crippen LogP contribution in [0.25, 0.3) is 11.3 Å². The van der Waals surface area contributed by atoms with Gasteiger partial charge in [0.15, 0.2) is 0 Å². The highest BCUT2D eigenvalue weighted by molar-refractivity contribution is 5.95. The van der Waals surface area contributed by atoms with Crippen LogP contribution in [0, 0.1) is 6.92 Å². The SMILES string of the molecule is Cc1nc(-c2ccccc2)ccc1C(=O)NCCCCN. The van der Waals surface area contributed by atoms with Crippen molar-refractivity contribution in [3.8, 4) is 11.3 Å². The van der Waals surface area contributed by atoms with E-state index in [1.165, 1.54) is 0 Å². The molecular weight excluding hydrogens is 262 g/mol. The molecule has 110 valence electrons. The van der Waals surface area contributed by atoms with E-state index in [9.17, 15) is 4.79 Å². The van der Waals surface area contributed by atoms with Crippen molar-refractivity contribution in [3.05, 3.63) is 53.7 Å². The first-order valence-corrected chi connectivity index (χ1v) is 7.23. The molecule has 0 atom stereocenters. The average molecular weight is 283 g/mol. The Kier molecular flexibility index (Phi) is 5.46. The van der Waals surface area contributed by atoms with E-state index in [0.29, 0.717) is 18.7 Å². The van der Waals surface area contributed by atoms with Gasteiger partial charge in [-0.2, -0.15) is 0 Å². The molecule has 2 rings (SSSR count). The van der Waals surface area contributed by atoms with Gasteiger partial charge < -0.3 is 11.1 Å². The lowest BCUT2D eigenvalue weighted by atomic mass is 10.1. The molecule has 0 bridgehead atoms. The van der Waals surface area contributed by atoms with Gasteiger partial charge in [0.2, 0.25) is 0 Å². The molecule has 0 aliphatic heterocycles. The van der Waals surface area contributed by atoms with E-state index in [-0.39, 0.29) is 5.91 Å². The number of carbonyl (C=O) groups excluding carboxylic acids is 1. The van der Waals surface area contributed by atoms with Crippen LogP contribution < -0.4 is 11.1 Å². The van der Waals surface area contributed by atoms with Crippen molar-refractivity contribution in [1.82, 2.24) is 10.3 Å². The molecule has 0 fully saturated rings. The Morgan fingerprint density at radius 2 is 1.90 bits per heavy atom. The van der Waals surface area contributed by atoms with Gasteiger partial charge in [0.1, 0.15) is 0 Å². The lowest BCUT2D eigenvalue weighted by Crippen LogP contribution is -2.25. The van der Waals surface area contributed by atoms with Crippen molar-refractivity contribution in [2.24, 2.45) is 5.73 Å². The van der Waals surface area contributed by atoms with Gasteiger partial charge in [0.25, 0.3) is 5.91 Å². The van der Waals surface area contributed by atoms with E-state index >= 15 is 0 Å². The van der Waals surface area contributed by atoms with Crippen LogP contribution in [0.5, 0.6) is 0 Å². The minimum atomic E-state index is -0.0726. The van der Waals surface area contributed by atoms with Crippen molar-refractivity contribution >= 4 is 5.91 Å². The van der Waals surface area contributed by atoms with Crippen molar-refractivity contribution in [2.75, 3.05) is 13.1 Å². The highest BCUT2D eigenvalue weighted by atomic mass is 16.1. The number of aromatic nitrogens is 1. The molecular formula is C17H21N3O. The van der Waals surface area contributed by atoms with Gasteiger partial charge in [-0.05, 0) is 38.4 Å². The summed E-state index contributed by atoms with van der Waals surface area (Å²) in [5.74, 6) is -0.0726. The summed E-state index contributed by atoms with van der Waals surface area (Å²) in [7, 11) is 0. The molecule has 1 heterocycles. The molecule has 0 aliphatic carbocycles. The summed E-state index contributed by atoms with van der Waals surface area (Å²) in [5.41, 5.74) is 8.73. The van der Waals surface area contributed by atoms with E-state index in [0.717, 1.165) is 29.8 Å². The summed E-state index contributed by atoms with van der Waals surface area (Å²) in [6.07, 6.45) is 1.82. The number of carbonyl (C=O) groups is 1. The molecule has 3 N–H and O–H groups in total. The maximum Gasteiger partial charge on any atom is 0.253 e. The maximum atomic E-state index is 12.1. The number of amides is 1. The van der Waals surface area contributed by atoms with Crippen LogP contribution in [0.3, 0.4) is 0 Å². The number of pyridine rings is 1. The van der Waals surface area contributed by atoms with Gasteiger partial charge in [0.05, 0.1) is 17.0 Å². The monoisotopic (exact) mass is 283 g/mol. The highest BCUT2D eigenvalue weighted by Crippen LogP contribution is 2.18. The number of nitrogens with one attached hydrogen (secondary N) is 1. The topological polar surface area (TPSA) is 68.0 Å². The van der Waals surface area contributed by atoms with Crippen molar-refractivity contribution < 1.29 is 4.79 Å². The van der Waals surface area contributed by atoms with E-state index in [1.807, 2.05) is 49.4 Å². The smallest absolute Gasteiger partial charge is 0.253 e. The first-order valence-electron chi connectivity index (χ1n) is 7.23. The summed E-state index contributed by atoms with van der Waals surface area (Å²) in [4.78, 5) is 16.6. The average Bonchev–Trinajstić information content (AvgIpc) is 2.52. The predicted molar refractivity (Wildman–Crippen MR) is 85.0 cm³/mol. The number of hydrogen-bond donors (Lipinski definition) is 2. The summed E-state index contributed by atoms with van der Waals surface area (Å²) in [6, 6.07) is 13.7. The minimum absolute atomic E-state index is 0.0726. The van der Waals surface area contributed by atoms with Gasteiger partial charge >= 0.3 is 0 Å². The zero-order valence-electron chi connectivity index (χ0n) is 12.3. The van der Waals surface area contributed by atoms with E-state index in [2.05, 4.69) is 10.3 Å². The molecule has 0 saturated carbocycles. The van der Waals surface area contributed by atoms with Crippen LogP contribution in [-0.2, 0) is 0 Å². The Balaban J connectivity index is 2.07. The van der Waals surface area contributed by atoms with Gasteiger partial charge in [-0.25, -0.2) is 0 Å². The quantitative estimate of drug-likeness (QED) is 0.800. The molecule has 4 nitrogen and oxygen atoms in total. The van der Waals surface area contributed by atoms with E-state index < -0.39 is 0 Å². The summed E-state index contributed by atoms with van der Waals surface area (Å²) in [6.45, 7) is 3.17. The number of benzene rings is 1. The molecule has 0 spiro atoms. The number of nitrogens with two attached hydrogens (primary N) is 1. The number of hydrogen-bond acceptors (Lipinski definition) is 3. The Hall–Kier alpha value is -2.20. The molecule has 0 radical (unpaired) electrons. The first kappa shape index (κ1) is 15.2. The molecule has 4 heteroatoms. The summed E-state index contributed by atoms with van der Waals surface area (Å²) < 4.78 is 0. The maximum absolute atomic E-state index is 12.1. The second kappa shape index (κ2) is 7.55. The molecule has 1 amide bonds. The van der Waals surface area contributed by atoms with Gasteiger partial charge in [0, 0.05) is 12.1 Å². The second-order valence-corrected chi connectivity index (χ2v) is 4.95. The van der Waals surface area contributed by atoms with Crippen LogP contribution in [0.15, 0.2) is 42.5 Å². The third-order valence-corrected chi connectivity index (χ3v) is 3.32. The van der Waals surface area contributed by atoms with Crippen molar-refractivity contribution in [3.63, 3.8) is 0 Å². The molecule has 0 saturated heterocycles. The normalized spacial score (nSPS) is 10.4. The lowest BCUT2D eigenvalue weighted by Gasteiger charge is -2.09. The fraction of sp³-hybridized carbons (Fsp3) is 0.294. The molecule has 0 aliphatic rings. The van der Waals surface area contributed by atoms with Crippen LogP contribution in [0.4, 0.5) is 0 Å². The zero-order chi connectivity index (χ0) is 15.1. The van der Waals surface area contributed by atoms with Gasteiger partial charge in [-0.15, -0.1) is 0 Å². The first-order chi connectivity index (χ1) is 10.2. The second-order valence-electron chi connectivity index (χ2n) is 4.95. The number of unbranched alkanes of at least 4 members (excludes halogenated alkanes) is 1. The van der Waals surface area contributed by atoms with Crippen molar-refractivity contribution in [2.45, 2.75) is 19.8 Å². The Morgan fingerprint density at radius 1 is 1.14 bits per heavy atom. The van der Waals surface area contributed by atoms with Gasteiger partial charge in [-0.1, -0.05) is 30.3 Å². The molecule has 2 aromatic rings. The molecule has 1 aromatic heterocycles. The third kappa shape index (κ3) is 4.13. The Labute approximate surface area is 125 Å². The molecule has 0 unspecified atom stereocenters. The van der Waals surface area contributed by atoms with E-state index in [1.54, 1.807) is 0 Å². The standard InChI is InChI=1S/C17H21N3O/c1-13-15(17(21)19-12-6-5-11-18)9-10-16(20-13)14-7-3-2-4-8-14/h2-4,7-10H,5-6,11-12,18H2,1H3,(H,19,21). The summed E-state index contributed by atoms with van der Waals surface area (Å²) >= 11 is 0. The van der Waals surface area contributed by atoms with Crippen LogP contribution in [-0.4, -0.2) is 24.0 Å². The fourth-order valence-corrected chi connectivity index (χ4v) is 2.14. The molecule has 21 heavy (non-hydrogen) atoms.